The van der Waals surface area contributed by atoms with Gasteiger partial charge in [0, 0.05) is 48.5 Å². The average molecular weight is 461 g/mol. The second-order valence-electron chi connectivity index (χ2n) is 8.89. The standard InChI is InChI=1S/C28H33ClN4/c1-21-8-5-6-17-33(20-21)25-10-7-9-23(13-15-25)18-30-27-12-4-3-11-26(27)22(2)32-28-16-14-24(29)19-31-28/h3-4,9-16,19,21,30H,2,5-8,17-18,20H2,1H3,(H,31,32)/t21-/m0/s1. The topological polar surface area (TPSA) is 40.2 Å². The van der Waals surface area contributed by atoms with Crippen LogP contribution in [0.25, 0.3) is 5.70 Å². The van der Waals surface area contributed by atoms with Gasteiger partial charge in [0.2, 0.25) is 0 Å². The van der Waals surface area contributed by atoms with Crippen LogP contribution >= 0.6 is 11.6 Å². The van der Waals surface area contributed by atoms with Gasteiger partial charge in [-0.15, -0.1) is 0 Å². The molecule has 4 nitrogen and oxygen atoms in total. The molecule has 1 saturated heterocycles. The second kappa shape index (κ2) is 11.2. The van der Waals surface area contributed by atoms with E-state index in [0.717, 1.165) is 48.2 Å². The molecule has 1 aromatic heterocycles. The van der Waals surface area contributed by atoms with E-state index in [0.29, 0.717) is 5.02 Å². The minimum atomic E-state index is 0.612. The van der Waals surface area contributed by atoms with Gasteiger partial charge in [-0.3, -0.25) is 0 Å². The molecule has 0 unspecified atom stereocenters. The molecule has 4 rings (SSSR count). The molecular formula is C28H33ClN4. The third-order valence-corrected chi connectivity index (χ3v) is 6.41. The number of nitrogens with one attached hydrogen (secondary N) is 2. The summed E-state index contributed by atoms with van der Waals surface area (Å²) in [7, 11) is 0. The summed E-state index contributed by atoms with van der Waals surface area (Å²) in [4.78, 5) is 6.87. The molecule has 5 heteroatoms. The van der Waals surface area contributed by atoms with Gasteiger partial charge in [-0.05, 0) is 55.0 Å². The van der Waals surface area contributed by atoms with Gasteiger partial charge in [-0.25, -0.2) is 4.98 Å². The Balaban J connectivity index is 1.38. The van der Waals surface area contributed by atoms with Crippen molar-refractivity contribution in [3.63, 3.8) is 0 Å². The number of benzene rings is 1. The lowest BCUT2D eigenvalue weighted by Gasteiger charge is -2.26. The molecular weight excluding hydrogens is 428 g/mol. The van der Waals surface area contributed by atoms with Crippen molar-refractivity contribution in [1.82, 2.24) is 9.88 Å². The van der Waals surface area contributed by atoms with Crippen molar-refractivity contribution in [1.29, 1.82) is 0 Å². The van der Waals surface area contributed by atoms with Crippen molar-refractivity contribution in [2.45, 2.75) is 32.6 Å². The fourth-order valence-corrected chi connectivity index (χ4v) is 4.50. The van der Waals surface area contributed by atoms with Gasteiger partial charge in [0.05, 0.1) is 5.02 Å². The lowest BCUT2D eigenvalue weighted by molar-refractivity contribution is 0.327. The molecule has 2 aromatic rings. The highest BCUT2D eigenvalue weighted by atomic mass is 35.5. The SMILES string of the molecule is C=C(Nc1ccc(Cl)cn1)c1ccccc1NCC1=CCC=C(N2CCCC[C@H](C)C2)C=C1. The van der Waals surface area contributed by atoms with Crippen molar-refractivity contribution in [3.05, 3.63) is 95.3 Å². The summed E-state index contributed by atoms with van der Waals surface area (Å²) in [5.41, 5.74) is 5.50. The first-order valence-electron chi connectivity index (χ1n) is 11.8. The van der Waals surface area contributed by atoms with Gasteiger partial charge < -0.3 is 15.5 Å². The van der Waals surface area contributed by atoms with E-state index in [9.17, 15) is 0 Å². The number of anilines is 2. The number of hydrogen-bond donors (Lipinski definition) is 2. The van der Waals surface area contributed by atoms with Gasteiger partial charge in [-0.1, -0.05) is 68.0 Å². The lowest BCUT2D eigenvalue weighted by atomic mass is 10.1. The van der Waals surface area contributed by atoms with E-state index in [2.05, 4.69) is 70.5 Å². The number of nitrogens with zero attached hydrogens (tertiary/aromatic N) is 2. The first-order valence-corrected chi connectivity index (χ1v) is 12.2. The normalized spacial score (nSPS) is 18.6. The second-order valence-corrected chi connectivity index (χ2v) is 9.32. The van der Waals surface area contributed by atoms with Crippen LogP contribution in [0.2, 0.25) is 5.02 Å². The zero-order valence-corrected chi connectivity index (χ0v) is 20.1. The Bertz CT molecular complexity index is 1050. The molecule has 0 saturated carbocycles. The highest BCUT2D eigenvalue weighted by Gasteiger charge is 2.16. The minimum Gasteiger partial charge on any atom is -0.380 e. The van der Waals surface area contributed by atoms with E-state index in [4.69, 9.17) is 11.6 Å². The maximum atomic E-state index is 5.94. The lowest BCUT2D eigenvalue weighted by Crippen LogP contribution is -2.26. The highest BCUT2D eigenvalue weighted by molar-refractivity contribution is 6.30. The predicted octanol–water partition coefficient (Wildman–Crippen LogP) is 7.12. The Morgan fingerprint density at radius 3 is 2.88 bits per heavy atom. The summed E-state index contributed by atoms with van der Waals surface area (Å²) in [5.74, 6) is 1.48. The van der Waals surface area contributed by atoms with Crippen molar-refractivity contribution >= 4 is 28.8 Å². The van der Waals surface area contributed by atoms with E-state index in [1.54, 1.807) is 6.20 Å². The van der Waals surface area contributed by atoms with E-state index in [1.807, 2.05) is 24.3 Å². The molecule has 0 bridgehead atoms. The molecule has 172 valence electrons. The molecule has 1 fully saturated rings. The van der Waals surface area contributed by atoms with Crippen LogP contribution in [0, 0.1) is 5.92 Å². The maximum absolute atomic E-state index is 5.94. The molecule has 1 atom stereocenters. The number of pyridine rings is 1. The van der Waals surface area contributed by atoms with Crippen molar-refractivity contribution < 1.29 is 0 Å². The number of likely N-dealkylation sites (tertiary alicyclic amines) is 1. The third-order valence-electron chi connectivity index (χ3n) is 6.19. The van der Waals surface area contributed by atoms with E-state index in [1.165, 1.54) is 37.1 Å². The summed E-state index contributed by atoms with van der Waals surface area (Å²) < 4.78 is 0. The first kappa shape index (κ1) is 23.2. The highest BCUT2D eigenvalue weighted by Crippen LogP contribution is 2.26. The Hall–Kier alpha value is -2.98. The van der Waals surface area contributed by atoms with Crippen molar-refractivity contribution in [2.75, 3.05) is 30.3 Å². The van der Waals surface area contributed by atoms with Crippen LogP contribution in [0.3, 0.4) is 0 Å². The monoisotopic (exact) mass is 460 g/mol. The van der Waals surface area contributed by atoms with E-state index in [-0.39, 0.29) is 0 Å². The van der Waals surface area contributed by atoms with Gasteiger partial charge in [0.1, 0.15) is 5.82 Å². The van der Waals surface area contributed by atoms with Gasteiger partial charge in [-0.2, -0.15) is 0 Å². The van der Waals surface area contributed by atoms with Crippen LogP contribution in [-0.2, 0) is 0 Å². The zero-order chi connectivity index (χ0) is 23.0. The van der Waals surface area contributed by atoms with Crippen LogP contribution in [0.15, 0.2) is 84.7 Å². The first-order chi connectivity index (χ1) is 16.1. The van der Waals surface area contributed by atoms with Crippen LogP contribution in [0.1, 0.15) is 38.2 Å². The fraction of sp³-hybridized carbons (Fsp3) is 0.321. The number of rotatable bonds is 7. The Morgan fingerprint density at radius 2 is 2.03 bits per heavy atom. The van der Waals surface area contributed by atoms with Crippen LogP contribution < -0.4 is 10.6 Å². The summed E-state index contributed by atoms with van der Waals surface area (Å²) in [5, 5.41) is 7.49. The molecule has 0 amide bonds. The fourth-order valence-electron chi connectivity index (χ4n) is 4.38. The molecule has 0 spiro atoms. The largest absolute Gasteiger partial charge is 0.380 e. The molecule has 2 N–H and O–H groups in total. The molecule has 2 aliphatic rings. The Labute approximate surface area is 202 Å². The Kier molecular flexibility index (Phi) is 7.90. The van der Waals surface area contributed by atoms with Crippen molar-refractivity contribution in [3.8, 4) is 0 Å². The van der Waals surface area contributed by atoms with Crippen LogP contribution in [0.4, 0.5) is 11.5 Å². The number of halogens is 1. The predicted molar refractivity (Wildman–Crippen MR) is 141 cm³/mol. The van der Waals surface area contributed by atoms with Gasteiger partial charge in [0.25, 0.3) is 0 Å². The summed E-state index contributed by atoms with van der Waals surface area (Å²) in [6, 6.07) is 11.9. The molecule has 1 aliphatic carbocycles. The number of para-hydroxylation sites is 1. The summed E-state index contributed by atoms with van der Waals surface area (Å²) >= 11 is 5.94. The number of hydrogen-bond acceptors (Lipinski definition) is 4. The molecule has 33 heavy (non-hydrogen) atoms. The number of allylic oxidation sites excluding steroid dienone is 3. The molecule has 0 radical (unpaired) electrons. The average Bonchev–Trinajstić information content (AvgIpc) is 3.19. The van der Waals surface area contributed by atoms with Crippen LogP contribution in [0.5, 0.6) is 0 Å². The zero-order valence-electron chi connectivity index (χ0n) is 19.4. The van der Waals surface area contributed by atoms with E-state index >= 15 is 0 Å². The molecule has 2 heterocycles. The van der Waals surface area contributed by atoms with Crippen LogP contribution in [-0.4, -0.2) is 29.5 Å². The summed E-state index contributed by atoms with van der Waals surface area (Å²) in [6.45, 7) is 9.68. The van der Waals surface area contributed by atoms with E-state index < -0.39 is 0 Å². The Morgan fingerprint density at radius 1 is 1.15 bits per heavy atom. The quantitative estimate of drug-likeness (QED) is 0.461. The minimum absolute atomic E-state index is 0.612. The van der Waals surface area contributed by atoms with Gasteiger partial charge in [0.15, 0.2) is 0 Å². The van der Waals surface area contributed by atoms with Gasteiger partial charge >= 0.3 is 0 Å². The maximum Gasteiger partial charge on any atom is 0.130 e. The summed E-state index contributed by atoms with van der Waals surface area (Å²) in [6.07, 6.45) is 15.8. The number of aromatic nitrogens is 1. The van der Waals surface area contributed by atoms with Crippen molar-refractivity contribution in [2.24, 2.45) is 5.92 Å². The smallest absolute Gasteiger partial charge is 0.130 e. The molecule has 1 aromatic carbocycles. The molecule has 1 aliphatic heterocycles. The third kappa shape index (κ3) is 6.52.